The van der Waals surface area contributed by atoms with Crippen molar-refractivity contribution in [2.24, 2.45) is 5.92 Å². The van der Waals surface area contributed by atoms with Crippen LogP contribution in [0.25, 0.3) is 11.5 Å². The third-order valence-corrected chi connectivity index (χ3v) is 3.33. The number of imidazole rings is 1. The van der Waals surface area contributed by atoms with Crippen LogP contribution in [0.2, 0.25) is 0 Å². The molecule has 5 heteroatoms. The maximum Gasteiger partial charge on any atom is 0.156 e. The maximum atomic E-state index is 4.35. The predicted molar refractivity (Wildman–Crippen MR) is 69.0 cm³/mol. The number of H-pyrrole nitrogens is 1. The van der Waals surface area contributed by atoms with E-state index in [9.17, 15) is 0 Å². The molecule has 5 nitrogen and oxygen atoms in total. The summed E-state index contributed by atoms with van der Waals surface area (Å²) in [6, 6.07) is 2.04. The topological polar surface area (TPSA) is 66.5 Å². The molecule has 1 aliphatic rings. The molecule has 1 saturated heterocycles. The lowest BCUT2D eigenvalue weighted by molar-refractivity contribution is 0.571. The summed E-state index contributed by atoms with van der Waals surface area (Å²) >= 11 is 0. The summed E-state index contributed by atoms with van der Waals surface area (Å²) in [6.45, 7) is 4.21. The van der Waals surface area contributed by atoms with Crippen molar-refractivity contribution in [3.63, 3.8) is 0 Å². The standard InChI is InChI=1S/C13H17N5/c1-9-6-15-13(18-9)12-5-11(16-8-17-12)4-10-2-3-14-7-10/h5-6,8,10,14H,2-4,7H2,1H3,(H,15,18)/t10-/m0/s1. The number of aromatic nitrogens is 4. The number of hydrogen-bond acceptors (Lipinski definition) is 4. The van der Waals surface area contributed by atoms with Gasteiger partial charge >= 0.3 is 0 Å². The van der Waals surface area contributed by atoms with Crippen molar-refractivity contribution < 1.29 is 0 Å². The Balaban J connectivity index is 1.80. The minimum absolute atomic E-state index is 0.700. The Kier molecular flexibility index (Phi) is 3.06. The molecule has 0 aliphatic carbocycles. The molecule has 2 aromatic heterocycles. The van der Waals surface area contributed by atoms with Gasteiger partial charge in [0.15, 0.2) is 5.82 Å². The molecule has 18 heavy (non-hydrogen) atoms. The molecule has 0 aromatic carbocycles. The molecule has 2 N–H and O–H groups in total. The van der Waals surface area contributed by atoms with E-state index in [1.807, 2.05) is 19.2 Å². The van der Waals surface area contributed by atoms with Gasteiger partial charge in [0.2, 0.25) is 0 Å². The van der Waals surface area contributed by atoms with Crippen LogP contribution < -0.4 is 5.32 Å². The van der Waals surface area contributed by atoms with Crippen molar-refractivity contribution in [3.8, 4) is 11.5 Å². The highest BCUT2D eigenvalue weighted by atomic mass is 15.0. The number of rotatable bonds is 3. The van der Waals surface area contributed by atoms with Crippen LogP contribution in [0.15, 0.2) is 18.6 Å². The Morgan fingerprint density at radius 1 is 1.33 bits per heavy atom. The summed E-state index contributed by atoms with van der Waals surface area (Å²) in [4.78, 5) is 16.1. The summed E-state index contributed by atoms with van der Waals surface area (Å²) in [6.07, 6.45) is 5.70. The summed E-state index contributed by atoms with van der Waals surface area (Å²) in [5.74, 6) is 1.52. The molecule has 0 saturated carbocycles. The maximum absolute atomic E-state index is 4.35. The number of nitrogens with zero attached hydrogens (tertiary/aromatic N) is 3. The summed E-state index contributed by atoms with van der Waals surface area (Å²) in [5.41, 5.74) is 3.02. The van der Waals surface area contributed by atoms with Crippen LogP contribution in [0.3, 0.4) is 0 Å². The first-order chi connectivity index (χ1) is 8.81. The fourth-order valence-electron chi connectivity index (χ4n) is 2.37. The zero-order chi connectivity index (χ0) is 12.4. The molecule has 0 amide bonds. The zero-order valence-electron chi connectivity index (χ0n) is 10.5. The number of aromatic amines is 1. The average Bonchev–Trinajstić information content (AvgIpc) is 3.01. The van der Waals surface area contributed by atoms with E-state index < -0.39 is 0 Å². The van der Waals surface area contributed by atoms with Gasteiger partial charge in [-0.15, -0.1) is 0 Å². The quantitative estimate of drug-likeness (QED) is 0.853. The van der Waals surface area contributed by atoms with Crippen LogP contribution in [-0.4, -0.2) is 33.0 Å². The lowest BCUT2D eigenvalue weighted by atomic mass is 10.0. The highest BCUT2D eigenvalue weighted by molar-refractivity contribution is 5.49. The number of aryl methyl sites for hydroxylation is 1. The lowest BCUT2D eigenvalue weighted by Gasteiger charge is -2.07. The van der Waals surface area contributed by atoms with Crippen molar-refractivity contribution in [1.82, 2.24) is 25.3 Å². The lowest BCUT2D eigenvalue weighted by Crippen LogP contribution is -2.11. The highest BCUT2D eigenvalue weighted by Crippen LogP contribution is 2.17. The Labute approximate surface area is 106 Å². The molecular weight excluding hydrogens is 226 g/mol. The van der Waals surface area contributed by atoms with E-state index in [2.05, 4.69) is 25.3 Å². The summed E-state index contributed by atoms with van der Waals surface area (Å²) in [5, 5.41) is 3.38. The van der Waals surface area contributed by atoms with E-state index >= 15 is 0 Å². The van der Waals surface area contributed by atoms with Gasteiger partial charge in [0.1, 0.15) is 12.0 Å². The summed E-state index contributed by atoms with van der Waals surface area (Å²) < 4.78 is 0. The molecule has 2 aromatic rings. The normalized spacial score (nSPS) is 19.3. The van der Waals surface area contributed by atoms with E-state index in [1.54, 1.807) is 6.33 Å². The Morgan fingerprint density at radius 2 is 2.28 bits per heavy atom. The van der Waals surface area contributed by atoms with Gasteiger partial charge < -0.3 is 10.3 Å². The molecule has 0 unspecified atom stereocenters. The van der Waals surface area contributed by atoms with E-state index in [1.165, 1.54) is 6.42 Å². The fraction of sp³-hybridized carbons (Fsp3) is 0.462. The molecule has 3 heterocycles. The third kappa shape index (κ3) is 2.41. The van der Waals surface area contributed by atoms with E-state index in [4.69, 9.17) is 0 Å². The summed E-state index contributed by atoms with van der Waals surface area (Å²) in [7, 11) is 0. The first-order valence-electron chi connectivity index (χ1n) is 6.35. The van der Waals surface area contributed by atoms with Crippen molar-refractivity contribution in [2.45, 2.75) is 19.8 Å². The van der Waals surface area contributed by atoms with Gasteiger partial charge in [-0.1, -0.05) is 0 Å². The monoisotopic (exact) mass is 243 g/mol. The Bertz CT molecular complexity index is 528. The van der Waals surface area contributed by atoms with Crippen LogP contribution in [0.1, 0.15) is 17.8 Å². The molecule has 3 rings (SSSR count). The molecule has 94 valence electrons. The van der Waals surface area contributed by atoms with E-state index in [-0.39, 0.29) is 0 Å². The van der Waals surface area contributed by atoms with Gasteiger partial charge in [0.05, 0.1) is 0 Å². The van der Waals surface area contributed by atoms with E-state index in [0.717, 1.165) is 42.4 Å². The average molecular weight is 243 g/mol. The molecule has 1 fully saturated rings. The first-order valence-corrected chi connectivity index (χ1v) is 6.35. The highest BCUT2D eigenvalue weighted by Gasteiger charge is 2.16. The van der Waals surface area contributed by atoms with Crippen LogP contribution in [0.4, 0.5) is 0 Å². The van der Waals surface area contributed by atoms with Gasteiger partial charge in [-0.05, 0) is 44.8 Å². The largest absolute Gasteiger partial charge is 0.341 e. The van der Waals surface area contributed by atoms with Crippen molar-refractivity contribution in [1.29, 1.82) is 0 Å². The molecule has 1 aliphatic heterocycles. The Morgan fingerprint density at radius 3 is 3.00 bits per heavy atom. The molecule has 0 spiro atoms. The van der Waals surface area contributed by atoms with Crippen LogP contribution in [-0.2, 0) is 6.42 Å². The van der Waals surface area contributed by atoms with Crippen LogP contribution >= 0.6 is 0 Å². The van der Waals surface area contributed by atoms with Crippen LogP contribution in [0.5, 0.6) is 0 Å². The van der Waals surface area contributed by atoms with Crippen LogP contribution in [0, 0.1) is 12.8 Å². The van der Waals surface area contributed by atoms with Gasteiger partial charge in [-0.3, -0.25) is 0 Å². The first kappa shape index (κ1) is 11.3. The molecule has 1 atom stereocenters. The predicted octanol–water partition coefficient (Wildman–Crippen LogP) is 1.33. The third-order valence-electron chi connectivity index (χ3n) is 3.33. The number of hydrogen-bond donors (Lipinski definition) is 2. The SMILES string of the molecule is Cc1cnc(-c2cc(C[C@@H]3CCNC3)ncn2)[nH]1. The Hall–Kier alpha value is -1.75. The van der Waals surface area contributed by atoms with Gasteiger partial charge in [0, 0.05) is 17.6 Å². The minimum atomic E-state index is 0.700. The fourth-order valence-corrected chi connectivity index (χ4v) is 2.37. The second-order valence-electron chi connectivity index (χ2n) is 4.87. The van der Waals surface area contributed by atoms with Crippen molar-refractivity contribution in [3.05, 3.63) is 30.0 Å². The number of nitrogens with one attached hydrogen (secondary N) is 2. The smallest absolute Gasteiger partial charge is 0.156 e. The molecular formula is C13H17N5. The molecule has 0 bridgehead atoms. The van der Waals surface area contributed by atoms with Crippen molar-refractivity contribution >= 4 is 0 Å². The van der Waals surface area contributed by atoms with E-state index in [0.29, 0.717) is 5.92 Å². The van der Waals surface area contributed by atoms with Crippen molar-refractivity contribution in [2.75, 3.05) is 13.1 Å². The van der Waals surface area contributed by atoms with Gasteiger partial charge in [-0.25, -0.2) is 15.0 Å². The second-order valence-corrected chi connectivity index (χ2v) is 4.87. The van der Waals surface area contributed by atoms with Gasteiger partial charge in [-0.2, -0.15) is 0 Å². The molecule has 0 radical (unpaired) electrons. The second kappa shape index (κ2) is 4.86. The van der Waals surface area contributed by atoms with Gasteiger partial charge in [0.25, 0.3) is 0 Å². The zero-order valence-corrected chi connectivity index (χ0v) is 10.5. The minimum Gasteiger partial charge on any atom is -0.341 e.